The van der Waals surface area contributed by atoms with Crippen molar-refractivity contribution >= 4 is 21.7 Å². The molecule has 0 fully saturated rings. The normalized spacial score (nSPS) is 13.9. The van der Waals surface area contributed by atoms with Crippen LogP contribution in [0.4, 0.5) is 5.69 Å². The van der Waals surface area contributed by atoms with E-state index >= 15 is 0 Å². The second kappa shape index (κ2) is 6.04. The lowest BCUT2D eigenvalue weighted by Gasteiger charge is -2.16. The van der Waals surface area contributed by atoms with Crippen molar-refractivity contribution in [2.75, 3.05) is 23.7 Å². The van der Waals surface area contributed by atoms with Crippen molar-refractivity contribution in [1.29, 1.82) is 0 Å². The molecule has 0 aliphatic carbocycles. The largest absolute Gasteiger partial charge is 0.460 e. The minimum atomic E-state index is -3.28. The highest BCUT2D eigenvalue weighted by molar-refractivity contribution is 7.92. The number of hydrogen-bond donors (Lipinski definition) is 0. The summed E-state index contributed by atoms with van der Waals surface area (Å²) in [4.78, 5) is 12.1. The van der Waals surface area contributed by atoms with E-state index < -0.39 is 16.0 Å². The molecule has 0 bridgehead atoms. The highest BCUT2D eigenvalue weighted by atomic mass is 32.2. The molecule has 1 aromatic carbocycles. The number of hydrogen-bond acceptors (Lipinski definition) is 5. The van der Waals surface area contributed by atoms with E-state index in [9.17, 15) is 13.2 Å². The predicted octanol–water partition coefficient (Wildman–Crippen LogP) is 1.06. The molecule has 0 unspecified atom stereocenters. The molecule has 0 N–H and O–H groups in total. The van der Waals surface area contributed by atoms with Crippen LogP contribution in [0.1, 0.15) is 15.9 Å². The van der Waals surface area contributed by atoms with E-state index in [1.54, 1.807) is 41.3 Å². The quantitative estimate of drug-likeness (QED) is 0.763. The van der Waals surface area contributed by atoms with Gasteiger partial charge in [0.1, 0.15) is 6.61 Å². The lowest BCUT2D eigenvalue weighted by molar-refractivity contribution is 0.0487. The third-order valence-electron chi connectivity index (χ3n) is 3.68. The fourth-order valence-corrected chi connectivity index (χ4v) is 3.55. The minimum absolute atomic E-state index is 0.229. The van der Waals surface area contributed by atoms with Gasteiger partial charge in [-0.25, -0.2) is 13.2 Å². The van der Waals surface area contributed by atoms with E-state index in [4.69, 9.17) is 4.74 Å². The Kier molecular flexibility index (Phi) is 4.08. The molecular formula is C15H17N3O4S. The molecule has 23 heavy (non-hydrogen) atoms. The molecule has 3 rings (SSSR count). The summed E-state index contributed by atoms with van der Waals surface area (Å²) in [5.41, 5.74) is 1.91. The molecule has 1 aliphatic heterocycles. The zero-order valence-electron chi connectivity index (χ0n) is 12.7. The molecule has 7 nitrogen and oxygen atoms in total. The summed E-state index contributed by atoms with van der Waals surface area (Å²) in [5.74, 6) is -0.419. The SMILES string of the molecule is CS(=O)(=O)N1CCc2cc(C(=O)OCCn3cccn3)ccc21. The third kappa shape index (κ3) is 3.37. The Bertz CT molecular complexity index is 815. The van der Waals surface area contributed by atoms with Crippen LogP contribution < -0.4 is 4.31 Å². The molecular weight excluding hydrogens is 318 g/mol. The number of anilines is 1. The number of fused-ring (bicyclic) bond motifs is 1. The summed E-state index contributed by atoms with van der Waals surface area (Å²) < 4.78 is 31.7. The Morgan fingerprint density at radius 1 is 1.39 bits per heavy atom. The Balaban J connectivity index is 1.66. The van der Waals surface area contributed by atoms with Gasteiger partial charge in [0, 0.05) is 18.9 Å². The molecule has 1 aromatic heterocycles. The van der Waals surface area contributed by atoms with Crippen molar-refractivity contribution in [3.63, 3.8) is 0 Å². The Hall–Kier alpha value is -2.35. The highest BCUT2D eigenvalue weighted by Crippen LogP contribution is 2.30. The summed E-state index contributed by atoms with van der Waals surface area (Å²) >= 11 is 0. The first-order chi connectivity index (χ1) is 10.9. The summed E-state index contributed by atoms with van der Waals surface area (Å²) in [6, 6.07) is 6.76. The summed E-state index contributed by atoms with van der Waals surface area (Å²) in [6.45, 7) is 1.13. The van der Waals surface area contributed by atoms with Gasteiger partial charge in [0.25, 0.3) is 0 Å². The fraction of sp³-hybridized carbons (Fsp3) is 0.333. The number of nitrogens with zero attached hydrogens (tertiary/aromatic N) is 3. The third-order valence-corrected chi connectivity index (χ3v) is 4.86. The number of carbonyl (C=O) groups is 1. The van der Waals surface area contributed by atoms with E-state index in [1.165, 1.54) is 10.6 Å². The zero-order valence-corrected chi connectivity index (χ0v) is 13.5. The maximum absolute atomic E-state index is 12.1. The van der Waals surface area contributed by atoms with E-state index in [-0.39, 0.29) is 6.61 Å². The van der Waals surface area contributed by atoms with Gasteiger partial charge < -0.3 is 4.74 Å². The number of aromatic nitrogens is 2. The number of esters is 1. The average molecular weight is 335 g/mol. The molecule has 0 spiro atoms. The van der Waals surface area contributed by atoms with Gasteiger partial charge >= 0.3 is 5.97 Å². The molecule has 2 heterocycles. The summed E-state index contributed by atoms with van der Waals surface area (Å²) in [7, 11) is -3.28. The molecule has 1 aliphatic rings. The highest BCUT2D eigenvalue weighted by Gasteiger charge is 2.26. The molecule has 8 heteroatoms. The monoisotopic (exact) mass is 335 g/mol. The molecule has 0 atom stereocenters. The first-order valence-corrected chi connectivity index (χ1v) is 9.05. The Morgan fingerprint density at radius 3 is 2.91 bits per heavy atom. The van der Waals surface area contributed by atoms with Crippen LogP contribution in [0.5, 0.6) is 0 Å². The fourth-order valence-electron chi connectivity index (χ4n) is 2.59. The van der Waals surface area contributed by atoms with Gasteiger partial charge in [-0.15, -0.1) is 0 Å². The van der Waals surface area contributed by atoms with Crippen LogP contribution in [0.2, 0.25) is 0 Å². The van der Waals surface area contributed by atoms with E-state index in [0.29, 0.717) is 30.8 Å². The molecule has 0 amide bonds. The minimum Gasteiger partial charge on any atom is -0.460 e. The standard InChI is InChI=1S/C15H17N3O4S/c1-23(20,21)18-8-5-12-11-13(3-4-14(12)18)15(19)22-10-9-17-7-2-6-16-17/h2-4,6-7,11H,5,8-10H2,1H3. The second-order valence-corrected chi connectivity index (χ2v) is 7.24. The first-order valence-electron chi connectivity index (χ1n) is 7.20. The van der Waals surface area contributed by atoms with Gasteiger partial charge in [0.05, 0.1) is 24.1 Å². The van der Waals surface area contributed by atoms with Crippen molar-refractivity contribution in [2.24, 2.45) is 0 Å². The van der Waals surface area contributed by atoms with Crippen LogP contribution in [0.25, 0.3) is 0 Å². The number of benzene rings is 1. The molecule has 122 valence electrons. The first kappa shape index (κ1) is 15.5. The van der Waals surface area contributed by atoms with Gasteiger partial charge in [-0.2, -0.15) is 5.10 Å². The van der Waals surface area contributed by atoms with Gasteiger partial charge in [0.15, 0.2) is 0 Å². The number of sulfonamides is 1. The van der Waals surface area contributed by atoms with E-state index in [1.807, 2.05) is 0 Å². The topological polar surface area (TPSA) is 81.5 Å². The average Bonchev–Trinajstić information content (AvgIpc) is 3.14. The number of ether oxygens (including phenoxy) is 1. The van der Waals surface area contributed by atoms with Crippen LogP contribution in [0.15, 0.2) is 36.7 Å². The van der Waals surface area contributed by atoms with Crippen LogP contribution >= 0.6 is 0 Å². The van der Waals surface area contributed by atoms with Crippen LogP contribution in [0, 0.1) is 0 Å². The maximum Gasteiger partial charge on any atom is 0.338 e. The van der Waals surface area contributed by atoms with Crippen molar-refractivity contribution in [1.82, 2.24) is 9.78 Å². The summed E-state index contributed by atoms with van der Waals surface area (Å²) in [5, 5.41) is 4.03. The van der Waals surface area contributed by atoms with Crippen LogP contribution in [-0.4, -0.2) is 43.6 Å². The smallest absolute Gasteiger partial charge is 0.338 e. The van der Waals surface area contributed by atoms with Crippen molar-refractivity contribution in [2.45, 2.75) is 13.0 Å². The summed E-state index contributed by atoms with van der Waals surface area (Å²) in [6.07, 6.45) is 5.23. The van der Waals surface area contributed by atoms with E-state index in [0.717, 1.165) is 5.56 Å². The van der Waals surface area contributed by atoms with Crippen LogP contribution in [0.3, 0.4) is 0 Å². The predicted molar refractivity (Wildman–Crippen MR) is 84.8 cm³/mol. The van der Waals surface area contributed by atoms with Crippen molar-refractivity contribution in [3.05, 3.63) is 47.8 Å². The van der Waals surface area contributed by atoms with Gasteiger partial charge in [-0.3, -0.25) is 8.99 Å². The maximum atomic E-state index is 12.1. The van der Waals surface area contributed by atoms with Crippen molar-refractivity contribution < 1.29 is 17.9 Å². The number of rotatable bonds is 5. The Labute approximate surface area is 134 Å². The molecule has 0 saturated carbocycles. The molecule has 2 aromatic rings. The van der Waals surface area contributed by atoms with Gasteiger partial charge in [0.2, 0.25) is 10.0 Å². The van der Waals surface area contributed by atoms with Gasteiger partial charge in [-0.05, 0) is 36.2 Å². The van der Waals surface area contributed by atoms with Crippen molar-refractivity contribution in [3.8, 4) is 0 Å². The second-order valence-electron chi connectivity index (χ2n) is 5.33. The lowest BCUT2D eigenvalue weighted by atomic mass is 10.1. The van der Waals surface area contributed by atoms with Gasteiger partial charge in [-0.1, -0.05) is 0 Å². The zero-order chi connectivity index (χ0) is 16.4. The number of carbonyl (C=O) groups excluding carboxylic acids is 1. The van der Waals surface area contributed by atoms with Crippen LogP contribution in [-0.2, 0) is 27.7 Å². The van der Waals surface area contributed by atoms with E-state index in [2.05, 4.69) is 5.10 Å². The molecule has 0 radical (unpaired) electrons. The molecule has 0 saturated heterocycles. The lowest BCUT2D eigenvalue weighted by Crippen LogP contribution is -2.27. The Morgan fingerprint density at radius 2 is 2.22 bits per heavy atom.